The van der Waals surface area contributed by atoms with E-state index >= 15 is 0 Å². The molecule has 0 spiro atoms. The van der Waals surface area contributed by atoms with Gasteiger partial charge in [0.1, 0.15) is 0 Å². The van der Waals surface area contributed by atoms with Crippen LogP contribution in [0.3, 0.4) is 0 Å². The molecule has 0 aromatic heterocycles. The van der Waals surface area contributed by atoms with E-state index in [-0.39, 0.29) is 31.8 Å². The van der Waals surface area contributed by atoms with Crippen LogP contribution in [0.5, 0.6) is 11.5 Å². The fraction of sp³-hybridized carbons (Fsp3) is 0.500. The van der Waals surface area contributed by atoms with Gasteiger partial charge in [0.25, 0.3) is 0 Å². The fourth-order valence-corrected chi connectivity index (χ4v) is 2.26. The number of nitrogens with two attached hydrogens (primary N) is 1. The molecule has 0 bridgehead atoms. The highest BCUT2D eigenvalue weighted by Crippen LogP contribution is 2.42. The van der Waals surface area contributed by atoms with Crippen molar-refractivity contribution in [3.63, 3.8) is 0 Å². The summed E-state index contributed by atoms with van der Waals surface area (Å²) in [5.41, 5.74) is 6.71. The molecule has 1 aliphatic rings. The van der Waals surface area contributed by atoms with Gasteiger partial charge in [-0.2, -0.15) is 0 Å². The summed E-state index contributed by atoms with van der Waals surface area (Å²) in [4.78, 5) is 0. The Morgan fingerprint density at radius 2 is 1.94 bits per heavy atom. The van der Waals surface area contributed by atoms with Crippen molar-refractivity contribution in [1.82, 2.24) is 0 Å². The van der Waals surface area contributed by atoms with Crippen molar-refractivity contribution in [2.24, 2.45) is 11.1 Å². The van der Waals surface area contributed by atoms with Crippen LogP contribution in [0.25, 0.3) is 0 Å². The Labute approximate surface area is 121 Å². The van der Waals surface area contributed by atoms with Gasteiger partial charge < -0.3 is 20.3 Å². The Morgan fingerprint density at radius 1 is 1.39 bits per heavy atom. The largest absolute Gasteiger partial charge is 0.454 e. The fourth-order valence-electron chi connectivity index (χ4n) is 1.69. The molecule has 0 unspecified atom stereocenters. The number of ether oxygens (including phenoxy) is 2. The molecule has 0 fully saturated rings. The molecule has 1 aromatic carbocycles. The molecule has 102 valence electrons. The van der Waals surface area contributed by atoms with E-state index in [0.29, 0.717) is 5.75 Å². The van der Waals surface area contributed by atoms with E-state index in [1.807, 2.05) is 26.0 Å². The molecule has 3 N–H and O–H groups in total. The van der Waals surface area contributed by atoms with Crippen LogP contribution in [-0.4, -0.2) is 18.5 Å². The topological polar surface area (TPSA) is 64.7 Å². The molecule has 18 heavy (non-hydrogen) atoms. The number of hydrogen-bond acceptors (Lipinski definition) is 4. The number of rotatable bonds is 3. The quantitative estimate of drug-likeness (QED) is 0.889. The van der Waals surface area contributed by atoms with Gasteiger partial charge in [0.05, 0.1) is 0 Å². The van der Waals surface area contributed by atoms with Crippen molar-refractivity contribution >= 4 is 28.3 Å². The molecular formula is C12H17BrClNO3. The van der Waals surface area contributed by atoms with Crippen molar-refractivity contribution in [3.05, 3.63) is 22.2 Å². The van der Waals surface area contributed by atoms with E-state index in [0.717, 1.165) is 15.8 Å². The lowest BCUT2D eigenvalue weighted by Crippen LogP contribution is -2.32. The second-order valence-electron chi connectivity index (χ2n) is 4.85. The molecule has 0 radical (unpaired) electrons. The van der Waals surface area contributed by atoms with Crippen LogP contribution in [0.1, 0.15) is 25.5 Å². The molecule has 2 rings (SSSR count). The minimum atomic E-state index is -0.393. The third-order valence-corrected chi connectivity index (χ3v) is 3.76. The number of aliphatic hydroxyl groups excluding tert-OH is 1. The molecule has 1 heterocycles. The summed E-state index contributed by atoms with van der Waals surface area (Å²) in [6.07, 6.45) is 0. The summed E-state index contributed by atoms with van der Waals surface area (Å²) < 4.78 is 11.5. The second kappa shape index (κ2) is 5.65. The summed E-state index contributed by atoms with van der Waals surface area (Å²) in [6, 6.07) is 3.44. The summed E-state index contributed by atoms with van der Waals surface area (Å²) in [6.45, 7) is 4.11. The highest BCUT2D eigenvalue weighted by atomic mass is 79.9. The summed E-state index contributed by atoms with van der Waals surface area (Å²) in [5, 5.41) is 9.36. The first kappa shape index (κ1) is 15.6. The molecule has 1 atom stereocenters. The van der Waals surface area contributed by atoms with Crippen LogP contribution in [0, 0.1) is 5.41 Å². The Hall–Kier alpha value is -0.490. The van der Waals surface area contributed by atoms with Crippen LogP contribution in [-0.2, 0) is 0 Å². The number of halogens is 2. The highest BCUT2D eigenvalue weighted by molar-refractivity contribution is 9.10. The van der Waals surface area contributed by atoms with Gasteiger partial charge in [-0.05, 0) is 17.7 Å². The van der Waals surface area contributed by atoms with E-state index in [4.69, 9.17) is 15.2 Å². The predicted molar refractivity (Wildman–Crippen MR) is 75.3 cm³/mol. The third-order valence-electron chi connectivity index (χ3n) is 3.08. The average Bonchev–Trinajstić information content (AvgIpc) is 2.73. The maximum atomic E-state index is 9.36. The number of aliphatic hydroxyl groups is 1. The minimum absolute atomic E-state index is 0. The average molecular weight is 339 g/mol. The van der Waals surface area contributed by atoms with Crippen molar-refractivity contribution < 1.29 is 14.6 Å². The molecule has 4 nitrogen and oxygen atoms in total. The van der Waals surface area contributed by atoms with Gasteiger partial charge in [-0.25, -0.2) is 0 Å². The molecule has 6 heteroatoms. The van der Waals surface area contributed by atoms with Crippen molar-refractivity contribution in [1.29, 1.82) is 0 Å². The highest BCUT2D eigenvalue weighted by Gasteiger charge is 2.30. The zero-order chi connectivity index (χ0) is 12.6. The van der Waals surface area contributed by atoms with Gasteiger partial charge in [-0.15, -0.1) is 12.4 Å². The summed E-state index contributed by atoms with van der Waals surface area (Å²) in [5.74, 6) is 1.42. The Bertz CT molecular complexity index is 440. The predicted octanol–water partition coefficient (Wildman–Crippen LogP) is 2.62. The van der Waals surface area contributed by atoms with Crippen LogP contribution in [0.15, 0.2) is 16.6 Å². The number of fused-ring (bicyclic) bond motifs is 1. The molecule has 0 amide bonds. The van der Waals surface area contributed by atoms with Crippen molar-refractivity contribution in [3.8, 4) is 11.5 Å². The van der Waals surface area contributed by atoms with Gasteiger partial charge >= 0.3 is 0 Å². The van der Waals surface area contributed by atoms with Crippen LogP contribution in [0.4, 0.5) is 0 Å². The Morgan fingerprint density at radius 3 is 2.50 bits per heavy atom. The smallest absolute Gasteiger partial charge is 0.231 e. The van der Waals surface area contributed by atoms with E-state index in [1.165, 1.54) is 0 Å². The molecular weight excluding hydrogens is 321 g/mol. The zero-order valence-corrected chi connectivity index (χ0v) is 12.7. The number of hydrogen-bond donors (Lipinski definition) is 2. The first-order valence-electron chi connectivity index (χ1n) is 5.41. The van der Waals surface area contributed by atoms with Gasteiger partial charge in [-0.1, -0.05) is 29.8 Å². The van der Waals surface area contributed by atoms with Gasteiger partial charge in [-0.3, -0.25) is 0 Å². The van der Waals surface area contributed by atoms with E-state index < -0.39 is 5.41 Å². The van der Waals surface area contributed by atoms with Crippen LogP contribution >= 0.6 is 28.3 Å². The first-order chi connectivity index (χ1) is 7.95. The lowest BCUT2D eigenvalue weighted by Gasteiger charge is -2.30. The lowest BCUT2D eigenvalue weighted by atomic mass is 9.82. The molecule has 0 aliphatic carbocycles. The van der Waals surface area contributed by atoms with Gasteiger partial charge in [0, 0.05) is 22.5 Å². The second-order valence-corrected chi connectivity index (χ2v) is 5.71. The van der Waals surface area contributed by atoms with Gasteiger partial charge in [0.2, 0.25) is 6.79 Å². The van der Waals surface area contributed by atoms with Crippen molar-refractivity contribution in [2.75, 3.05) is 13.4 Å². The maximum Gasteiger partial charge on any atom is 0.231 e. The Kier molecular flexibility index (Phi) is 4.89. The minimum Gasteiger partial charge on any atom is -0.454 e. The Balaban J connectivity index is 0.00000162. The molecule has 1 aliphatic heterocycles. The van der Waals surface area contributed by atoms with Gasteiger partial charge in [0.15, 0.2) is 11.5 Å². The first-order valence-corrected chi connectivity index (χ1v) is 6.20. The van der Waals surface area contributed by atoms with E-state index in [2.05, 4.69) is 15.9 Å². The monoisotopic (exact) mass is 337 g/mol. The summed E-state index contributed by atoms with van der Waals surface area (Å²) in [7, 11) is 0. The van der Waals surface area contributed by atoms with Crippen LogP contribution in [0.2, 0.25) is 0 Å². The molecule has 0 saturated carbocycles. The van der Waals surface area contributed by atoms with E-state index in [1.54, 1.807) is 0 Å². The van der Waals surface area contributed by atoms with E-state index in [9.17, 15) is 5.11 Å². The van der Waals surface area contributed by atoms with Crippen LogP contribution < -0.4 is 15.2 Å². The normalized spacial score (nSPS) is 15.2. The maximum absolute atomic E-state index is 9.36. The molecule has 0 saturated heterocycles. The SMILES string of the molecule is CC(C)(CO)[C@H](N)c1cc2c(cc1Br)OCO2.Cl. The lowest BCUT2D eigenvalue weighted by molar-refractivity contribution is 0.132. The summed E-state index contributed by atoms with van der Waals surface area (Å²) >= 11 is 3.47. The standard InChI is InChI=1S/C12H16BrNO3.ClH/c1-12(2,5-15)11(14)7-3-9-10(4-8(7)13)17-6-16-9;/h3-4,11,15H,5-6,14H2,1-2H3;1H/t11-;/m1./s1. The zero-order valence-electron chi connectivity index (χ0n) is 10.3. The number of benzene rings is 1. The van der Waals surface area contributed by atoms with Crippen molar-refractivity contribution in [2.45, 2.75) is 19.9 Å². The third kappa shape index (κ3) is 2.74. The molecule has 1 aromatic rings.